The second kappa shape index (κ2) is 4.19. The van der Waals surface area contributed by atoms with E-state index in [0.717, 1.165) is 31.6 Å². The van der Waals surface area contributed by atoms with Crippen LogP contribution in [0, 0.1) is 17.3 Å². The fourth-order valence-corrected chi connectivity index (χ4v) is 2.64. The average Bonchev–Trinajstić information content (AvgIpc) is 2.49. The van der Waals surface area contributed by atoms with Crippen molar-refractivity contribution in [2.75, 3.05) is 26.3 Å². The van der Waals surface area contributed by atoms with Gasteiger partial charge >= 0.3 is 0 Å². The fraction of sp³-hybridized carbons (Fsp3) is 1.00. The van der Waals surface area contributed by atoms with Crippen LogP contribution in [0.3, 0.4) is 0 Å². The molecule has 2 aliphatic rings. The first-order chi connectivity index (χ1) is 6.68. The number of hydrogen-bond acceptors (Lipinski definition) is 2. The minimum Gasteiger partial charge on any atom is -0.380 e. The highest BCUT2D eigenvalue weighted by molar-refractivity contribution is 4.84. The average molecular weight is 197 g/mol. The molecule has 1 aliphatic carbocycles. The van der Waals surface area contributed by atoms with E-state index in [4.69, 9.17) is 4.74 Å². The van der Waals surface area contributed by atoms with E-state index < -0.39 is 0 Å². The summed E-state index contributed by atoms with van der Waals surface area (Å²) >= 11 is 0. The Balaban J connectivity index is 1.58. The van der Waals surface area contributed by atoms with Crippen molar-refractivity contribution in [3.05, 3.63) is 0 Å². The molecule has 2 nitrogen and oxygen atoms in total. The predicted octanol–water partition coefficient (Wildman–Crippen LogP) is 2.05. The van der Waals surface area contributed by atoms with Gasteiger partial charge in [-0.3, -0.25) is 0 Å². The van der Waals surface area contributed by atoms with Crippen molar-refractivity contribution in [1.29, 1.82) is 0 Å². The monoisotopic (exact) mass is 197 g/mol. The molecule has 2 unspecified atom stereocenters. The molecule has 2 heteroatoms. The van der Waals surface area contributed by atoms with Gasteiger partial charge in [0.15, 0.2) is 0 Å². The molecule has 1 heterocycles. The molecule has 2 rings (SSSR count). The maximum absolute atomic E-state index is 5.24. The zero-order chi connectivity index (χ0) is 10.0. The molecule has 0 spiro atoms. The third kappa shape index (κ3) is 2.48. The Morgan fingerprint density at radius 3 is 2.64 bits per heavy atom. The van der Waals surface area contributed by atoms with Crippen LogP contribution in [0.25, 0.3) is 0 Å². The summed E-state index contributed by atoms with van der Waals surface area (Å²) in [7, 11) is 0. The molecule has 1 aliphatic heterocycles. The van der Waals surface area contributed by atoms with Gasteiger partial charge in [0.05, 0.1) is 13.2 Å². The molecule has 82 valence electrons. The zero-order valence-electron chi connectivity index (χ0n) is 9.51. The van der Waals surface area contributed by atoms with Crippen molar-refractivity contribution in [3.63, 3.8) is 0 Å². The van der Waals surface area contributed by atoms with Gasteiger partial charge < -0.3 is 10.1 Å². The summed E-state index contributed by atoms with van der Waals surface area (Å²) < 4.78 is 5.24. The van der Waals surface area contributed by atoms with Crippen LogP contribution < -0.4 is 5.32 Å². The van der Waals surface area contributed by atoms with Crippen molar-refractivity contribution < 1.29 is 4.74 Å². The van der Waals surface area contributed by atoms with Crippen LogP contribution in [0.15, 0.2) is 0 Å². The first-order valence-corrected chi connectivity index (χ1v) is 5.96. The minimum absolute atomic E-state index is 0.435. The molecular formula is C12H23NO. The van der Waals surface area contributed by atoms with E-state index >= 15 is 0 Å². The highest BCUT2D eigenvalue weighted by Gasteiger charge is 2.33. The Morgan fingerprint density at radius 2 is 2.14 bits per heavy atom. The highest BCUT2D eigenvalue weighted by atomic mass is 16.5. The minimum atomic E-state index is 0.435. The number of nitrogens with one attached hydrogen (secondary N) is 1. The number of ether oxygens (including phenoxy) is 1. The number of rotatable bonds is 4. The molecule has 2 fully saturated rings. The van der Waals surface area contributed by atoms with E-state index in [2.05, 4.69) is 19.2 Å². The van der Waals surface area contributed by atoms with E-state index in [1.54, 1.807) is 0 Å². The lowest BCUT2D eigenvalue weighted by Crippen LogP contribution is -2.47. The van der Waals surface area contributed by atoms with E-state index in [9.17, 15) is 0 Å². The van der Waals surface area contributed by atoms with Crippen LogP contribution in [0.2, 0.25) is 0 Å². The van der Waals surface area contributed by atoms with Crippen LogP contribution in [0.1, 0.15) is 33.1 Å². The molecule has 0 aromatic heterocycles. The van der Waals surface area contributed by atoms with Gasteiger partial charge in [0.1, 0.15) is 0 Å². The molecule has 2 atom stereocenters. The van der Waals surface area contributed by atoms with Crippen LogP contribution >= 0.6 is 0 Å². The van der Waals surface area contributed by atoms with Gasteiger partial charge in [-0.15, -0.1) is 0 Å². The molecule has 0 aromatic carbocycles. The smallest absolute Gasteiger partial charge is 0.0554 e. The summed E-state index contributed by atoms with van der Waals surface area (Å²) in [4.78, 5) is 0. The van der Waals surface area contributed by atoms with E-state index in [1.807, 2.05) is 0 Å². The van der Waals surface area contributed by atoms with Gasteiger partial charge in [-0.25, -0.2) is 0 Å². The second-order valence-corrected chi connectivity index (χ2v) is 5.72. The number of hydrogen-bond donors (Lipinski definition) is 1. The standard InChI is InChI=1S/C12H23NO/c1-10-3-4-11(5-10)6-13-7-12(2)8-14-9-12/h10-11,13H,3-9H2,1-2H3. The van der Waals surface area contributed by atoms with Gasteiger partial charge in [0, 0.05) is 12.0 Å². The van der Waals surface area contributed by atoms with Crippen molar-refractivity contribution in [3.8, 4) is 0 Å². The Bertz CT molecular complexity index is 189. The Morgan fingerprint density at radius 1 is 1.36 bits per heavy atom. The van der Waals surface area contributed by atoms with Crippen LogP contribution in [0.4, 0.5) is 0 Å². The molecule has 1 saturated carbocycles. The van der Waals surface area contributed by atoms with Gasteiger partial charge in [-0.05, 0) is 31.2 Å². The molecule has 1 N–H and O–H groups in total. The normalized spacial score (nSPS) is 35.6. The molecule has 14 heavy (non-hydrogen) atoms. The maximum atomic E-state index is 5.24. The lowest BCUT2D eigenvalue weighted by Gasteiger charge is -2.38. The van der Waals surface area contributed by atoms with Crippen molar-refractivity contribution >= 4 is 0 Å². The predicted molar refractivity (Wildman–Crippen MR) is 58.3 cm³/mol. The Hall–Kier alpha value is -0.0800. The fourth-order valence-electron chi connectivity index (χ4n) is 2.64. The first kappa shape index (κ1) is 10.4. The van der Waals surface area contributed by atoms with Gasteiger partial charge in [-0.1, -0.05) is 20.3 Å². The summed E-state index contributed by atoms with van der Waals surface area (Å²) in [5, 5.41) is 3.61. The lowest BCUT2D eigenvalue weighted by atomic mass is 9.88. The molecule has 0 bridgehead atoms. The molecule has 0 amide bonds. The lowest BCUT2D eigenvalue weighted by molar-refractivity contribution is -0.0992. The van der Waals surface area contributed by atoms with E-state index in [0.29, 0.717) is 5.41 Å². The molecule has 1 saturated heterocycles. The summed E-state index contributed by atoms with van der Waals surface area (Å²) in [6, 6.07) is 0. The summed E-state index contributed by atoms with van der Waals surface area (Å²) in [5.74, 6) is 1.90. The van der Waals surface area contributed by atoms with Crippen molar-refractivity contribution in [2.24, 2.45) is 17.3 Å². The van der Waals surface area contributed by atoms with Gasteiger partial charge in [0.2, 0.25) is 0 Å². The molecule has 0 radical (unpaired) electrons. The van der Waals surface area contributed by atoms with Crippen LogP contribution in [-0.4, -0.2) is 26.3 Å². The SMILES string of the molecule is CC1CCC(CNCC2(C)COC2)C1. The van der Waals surface area contributed by atoms with Crippen molar-refractivity contribution in [1.82, 2.24) is 5.32 Å². The largest absolute Gasteiger partial charge is 0.380 e. The summed E-state index contributed by atoms with van der Waals surface area (Å²) in [5.41, 5.74) is 0.435. The molecule has 0 aromatic rings. The van der Waals surface area contributed by atoms with Gasteiger partial charge in [-0.2, -0.15) is 0 Å². The second-order valence-electron chi connectivity index (χ2n) is 5.72. The summed E-state index contributed by atoms with van der Waals surface area (Å²) in [6.07, 6.45) is 4.30. The summed E-state index contributed by atoms with van der Waals surface area (Å²) in [6.45, 7) is 8.93. The quantitative estimate of drug-likeness (QED) is 0.745. The highest BCUT2D eigenvalue weighted by Crippen LogP contribution is 2.30. The molecular weight excluding hydrogens is 174 g/mol. The Labute approximate surface area is 87.4 Å². The van der Waals surface area contributed by atoms with E-state index in [-0.39, 0.29) is 0 Å². The third-order valence-corrected chi connectivity index (χ3v) is 3.69. The van der Waals surface area contributed by atoms with Gasteiger partial charge in [0.25, 0.3) is 0 Å². The topological polar surface area (TPSA) is 21.3 Å². The third-order valence-electron chi connectivity index (χ3n) is 3.69. The van der Waals surface area contributed by atoms with Crippen LogP contribution in [-0.2, 0) is 4.74 Å². The Kier molecular flexibility index (Phi) is 3.13. The first-order valence-electron chi connectivity index (χ1n) is 5.96. The maximum Gasteiger partial charge on any atom is 0.0554 e. The van der Waals surface area contributed by atoms with E-state index in [1.165, 1.54) is 25.8 Å². The zero-order valence-corrected chi connectivity index (χ0v) is 9.51. The van der Waals surface area contributed by atoms with Crippen molar-refractivity contribution in [2.45, 2.75) is 33.1 Å². The van der Waals surface area contributed by atoms with Crippen LogP contribution in [0.5, 0.6) is 0 Å².